The summed E-state index contributed by atoms with van der Waals surface area (Å²) < 4.78 is 6.63. The summed E-state index contributed by atoms with van der Waals surface area (Å²) in [5.41, 5.74) is 7.42. The third kappa shape index (κ3) is 3.09. The van der Waals surface area contributed by atoms with Gasteiger partial charge in [-0.25, -0.2) is 0 Å². The van der Waals surface area contributed by atoms with E-state index in [0.29, 0.717) is 16.1 Å². The average Bonchev–Trinajstić information content (AvgIpc) is 2.45. The van der Waals surface area contributed by atoms with E-state index in [4.69, 9.17) is 10.5 Å². The summed E-state index contributed by atoms with van der Waals surface area (Å²) in [7, 11) is 1.55. The van der Waals surface area contributed by atoms with Crippen LogP contribution >= 0.6 is 31.9 Å². The molecule has 1 aromatic carbocycles. The number of nitrogens with two attached hydrogens (primary N) is 1. The van der Waals surface area contributed by atoms with Gasteiger partial charge in [0.1, 0.15) is 0 Å². The molecule has 106 valence electrons. The monoisotopic (exact) mass is 391 g/mol. The summed E-state index contributed by atoms with van der Waals surface area (Å²) in [6.45, 7) is 0. The Kier molecular flexibility index (Phi) is 5.15. The first-order valence-corrected chi connectivity index (χ1v) is 8.15. The summed E-state index contributed by atoms with van der Waals surface area (Å²) in [6, 6.07) is 1.81. The van der Waals surface area contributed by atoms with Crippen LogP contribution in [0.15, 0.2) is 15.0 Å². The molecular weight excluding hydrogens is 374 g/mol. The van der Waals surface area contributed by atoms with Crippen LogP contribution in [0.4, 0.5) is 0 Å². The summed E-state index contributed by atoms with van der Waals surface area (Å²) in [6.07, 6.45) is 6.18. The van der Waals surface area contributed by atoms with Crippen LogP contribution in [0, 0.1) is 5.92 Å². The maximum absolute atomic E-state index is 9.95. The van der Waals surface area contributed by atoms with Gasteiger partial charge in [-0.15, -0.1) is 0 Å². The van der Waals surface area contributed by atoms with E-state index in [1.165, 1.54) is 32.1 Å². The molecule has 1 aliphatic carbocycles. The molecule has 0 bridgehead atoms. The zero-order chi connectivity index (χ0) is 14.0. The van der Waals surface area contributed by atoms with Crippen molar-refractivity contribution >= 4 is 31.9 Å². The van der Waals surface area contributed by atoms with Gasteiger partial charge in [-0.05, 0) is 62.2 Å². The van der Waals surface area contributed by atoms with Crippen LogP contribution in [0.1, 0.15) is 43.7 Å². The number of ether oxygens (including phenoxy) is 1. The van der Waals surface area contributed by atoms with Gasteiger partial charge in [-0.2, -0.15) is 0 Å². The molecule has 1 aliphatic rings. The lowest BCUT2D eigenvalue weighted by Crippen LogP contribution is -2.24. The highest BCUT2D eigenvalue weighted by Gasteiger charge is 2.26. The Morgan fingerprint density at radius 2 is 1.89 bits per heavy atom. The van der Waals surface area contributed by atoms with Crippen LogP contribution < -0.4 is 10.5 Å². The van der Waals surface area contributed by atoms with E-state index in [1.54, 1.807) is 7.11 Å². The van der Waals surface area contributed by atoms with E-state index in [9.17, 15) is 5.11 Å². The summed E-state index contributed by atoms with van der Waals surface area (Å²) >= 11 is 6.90. The molecule has 0 radical (unpaired) electrons. The molecule has 19 heavy (non-hydrogen) atoms. The van der Waals surface area contributed by atoms with Gasteiger partial charge in [-0.1, -0.05) is 19.3 Å². The minimum absolute atomic E-state index is 0.0273. The molecule has 1 saturated carbocycles. The summed E-state index contributed by atoms with van der Waals surface area (Å²) in [5, 5.41) is 9.95. The van der Waals surface area contributed by atoms with Gasteiger partial charge in [0.15, 0.2) is 11.5 Å². The molecule has 3 N–H and O–H groups in total. The fourth-order valence-corrected chi connectivity index (χ4v) is 3.75. The van der Waals surface area contributed by atoms with Crippen LogP contribution in [0.2, 0.25) is 0 Å². The van der Waals surface area contributed by atoms with Gasteiger partial charge in [0.05, 0.1) is 11.6 Å². The molecular formula is C14H19Br2NO2. The van der Waals surface area contributed by atoms with Crippen molar-refractivity contribution in [2.75, 3.05) is 7.11 Å². The van der Waals surface area contributed by atoms with Gasteiger partial charge >= 0.3 is 0 Å². The Labute approximate surface area is 130 Å². The molecule has 1 aromatic rings. The molecule has 5 heteroatoms. The second-order valence-corrected chi connectivity index (χ2v) is 6.65. The predicted octanol–water partition coefficient (Wildman–Crippen LogP) is 4.51. The minimum atomic E-state index is -0.0273. The zero-order valence-corrected chi connectivity index (χ0v) is 14.1. The van der Waals surface area contributed by atoms with Crippen molar-refractivity contribution in [3.8, 4) is 11.5 Å². The van der Waals surface area contributed by atoms with Crippen LogP contribution in [-0.2, 0) is 0 Å². The lowest BCUT2D eigenvalue weighted by molar-refractivity contribution is 0.306. The van der Waals surface area contributed by atoms with E-state index < -0.39 is 0 Å². The van der Waals surface area contributed by atoms with E-state index in [2.05, 4.69) is 31.9 Å². The minimum Gasteiger partial charge on any atom is -0.503 e. The number of hydrogen-bond acceptors (Lipinski definition) is 3. The number of methoxy groups -OCH3 is 1. The molecule has 0 aromatic heterocycles. The number of benzene rings is 1. The molecule has 3 nitrogen and oxygen atoms in total. The molecule has 0 aliphatic heterocycles. The Bertz CT molecular complexity index is 459. The normalized spacial score (nSPS) is 18.3. The molecule has 0 unspecified atom stereocenters. The number of phenols is 1. The third-order valence-corrected chi connectivity index (χ3v) is 6.07. The first kappa shape index (κ1) is 15.1. The quantitative estimate of drug-likeness (QED) is 0.795. The molecule has 1 fully saturated rings. The smallest absolute Gasteiger partial charge is 0.173 e. The average molecular weight is 393 g/mol. The van der Waals surface area contributed by atoms with Crippen LogP contribution in [0.5, 0.6) is 11.5 Å². The third-order valence-electron chi connectivity index (χ3n) is 3.91. The number of hydrogen-bond donors (Lipinski definition) is 2. The number of halogens is 2. The van der Waals surface area contributed by atoms with Gasteiger partial charge in [0.2, 0.25) is 0 Å². The van der Waals surface area contributed by atoms with Crippen molar-refractivity contribution in [2.45, 2.75) is 38.1 Å². The summed E-state index contributed by atoms with van der Waals surface area (Å²) in [4.78, 5) is 0. The van der Waals surface area contributed by atoms with Gasteiger partial charge in [0, 0.05) is 10.5 Å². The van der Waals surface area contributed by atoms with Crippen LogP contribution in [0.25, 0.3) is 0 Å². The van der Waals surface area contributed by atoms with E-state index in [0.717, 1.165) is 10.0 Å². The zero-order valence-electron chi connectivity index (χ0n) is 11.0. The Morgan fingerprint density at radius 1 is 1.26 bits per heavy atom. The van der Waals surface area contributed by atoms with Crippen molar-refractivity contribution in [1.82, 2.24) is 0 Å². The van der Waals surface area contributed by atoms with Gasteiger partial charge < -0.3 is 15.6 Å². The molecule has 1 atom stereocenters. The Morgan fingerprint density at radius 3 is 2.47 bits per heavy atom. The fraction of sp³-hybridized carbons (Fsp3) is 0.571. The van der Waals surface area contributed by atoms with Crippen molar-refractivity contribution in [3.05, 3.63) is 20.6 Å². The first-order chi connectivity index (χ1) is 9.06. The molecule has 0 heterocycles. The maximum atomic E-state index is 9.95. The van der Waals surface area contributed by atoms with Crippen molar-refractivity contribution < 1.29 is 9.84 Å². The highest BCUT2D eigenvalue weighted by atomic mass is 79.9. The first-order valence-electron chi connectivity index (χ1n) is 6.56. The fourth-order valence-electron chi connectivity index (χ4n) is 2.76. The van der Waals surface area contributed by atoms with Crippen LogP contribution in [0.3, 0.4) is 0 Å². The number of rotatable bonds is 3. The van der Waals surface area contributed by atoms with Crippen molar-refractivity contribution in [2.24, 2.45) is 11.7 Å². The Balaban J connectivity index is 2.35. The topological polar surface area (TPSA) is 55.5 Å². The molecule has 0 spiro atoms. The second kappa shape index (κ2) is 6.46. The highest BCUT2D eigenvalue weighted by molar-refractivity contribution is 9.13. The van der Waals surface area contributed by atoms with E-state index >= 15 is 0 Å². The molecule has 0 saturated heterocycles. The largest absolute Gasteiger partial charge is 0.503 e. The van der Waals surface area contributed by atoms with Crippen molar-refractivity contribution in [3.63, 3.8) is 0 Å². The number of aromatic hydroxyl groups is 1. The van der Waals surface area contributed by atoms with E-state index in [-0.39, 0.29) is 11.8 Å². The number of phenolic OH excluding ortho intramolecular Hbond substituents is 1. The standard InChI is InChI=1S/C14H19Br2NO2/c1-19-10-7-9(11(15)12(16)14(10)18)13(17)8-5-3-2-4-6-8/h7-8,13,18H,2-6,17H2,1H3/t13-/m0/s1. The SMILES string of the molecule is COc1cc([C@@H](N)C2CCCCC2)c(Br)c(Br)c1O. The Hall–Kier alpha value is -0.260. The molecule has 2 rings (SSSR count). The van der Waals surface area contributed by atoms with Gasteiger partial charge in [0.25, 0.3) is 0 Å². The van der Waals surface area contributed by atoms with Crippen molar-refractivity contribution in [1.29, 1.82) is 0 Å². The van der Waals surface area contributed by atoms with Gasteiger partial charge in [-0.3, -0.25) is 0 Å². The highest BCUT2D eigenvalue weighted by Crippen LogP contribution is 2.45. The lowest BCUT2D eigenvalue weighted by atomic mass is 9.81. The maximum Gasteiger partial charge on any atom is 0.173 e. The summed E-state index contributed by atoms with van der Waals surface area (Å²) in [5.74, 6) is 1.07. The molecule has 0 amide bonds. The predicted molar refractivity (Wildman–Crippen MR) is 83.6 cm³/mol. The lowest BCUT2D eigenvalue weighted by Gasteiger charge is -2.29. The van der Waals surface area contributed by atoms with Crippen LogP contribution in [-0.4, -0.2) is 12.2 Å². The second-order valence-electron chi connectivity index (χ2n) is 5.07. The van der Waals surface area contributed by atoms with E-state index in [1.807, 2.05) is 6.07 Å².